The second-order valence-corrected chi connectivity index (χ2v) is 19.4. The van der Waals surface area contributed by atoms with Gasteiger partial charge in [0.2, 0.25) is 17.2 Å². The molecule has 1 heterocycles. The van der Waals surface area contributed by atoms with Crippen LogP contribution in [0.25, 0.3) is 10.8 Å². The number of phenolic OH excluding ortho intramolecular Hbond substituents is 2. The van der Waals surface area contributed by atoms with Crippen molar-refractivity contribution < 1.29 is 40.0 Å². The maximum atomic E-state index is 12.6. The van der Waals surface area contributed by atoms with E-state index in [0.717, 1.165) is 12.1 Å². The van der Waals surface area contributed by atoms with Crippen molar-refractivity contribution in [2.75, 3.05) is 40.1 Å². The summed E-state index contributed by atoms with van der Waals surface area (Å²) in [6, 6.07) is 19.8. The lowest BCUT2D eigenvalue weighted by Gasteiger charge is -2.22. The van der Waals surface area contributed by atoms with Crippen LogP contribution >= 0.6 is 11.6 Å². The minimum absolute atomic E-state index is 0.00436. The number of hydrogen-bond donors (Lipinski definition) is 5. The van der Waals surface area contributed by atoms with E-state index in [1.54, 1.807) is 49.1 Å². The maximum absolute atomic E-state index is 12.6. The van der Waals surface area contributed by atoms with Crippen molar-refractivity contribution in [1.29, 1.82) is 0 Å². The molecule has 324 valence electrons. The zero-order valence-corrected chi connectivity index (χ0v) is 36.6. The lowest BCUT2D eigenvalue weighted by Crippen LogP contribution is -2.20. The summed E-state index contributed by atoms with van der Waals surface area (Å²) in [4.78, 5) is 13.9. The van der Waals surface area contributed by atoms with Crippen molar-refractivity contribution in [2.24, 2.45) is 20.5 Å². The predicted molar refractivity (Wildman–Crippen MR) is 235 cm³/mol. The summed E-state index contributed by atoms with van der Waals surface area (Å²) >= 11 is 6.32. The quantitative estimate of drug-likeness (QED) is 0.0447. The number of azo groups is 2. The molecule has 23 heteroatoms. The Morgan fingerprint density at radius 2 is 1.35 bits per heavy atom. The van der Waals surface area contributed by atoms with Gasteiger partial charge in [0.05, 0.1) is 27.0 Å². The molecular weight excluding hydrogens is 884 g/mol. The Labute approximate surface area is 361 Å². The van der Waals surface area contributed by atoms with E-state index in [1.807, 2.05) is 6.92 Å². The number of aromatic nitrogens is 3. The number of halogens is 1. The Hall–Kier alpha value is -6.33. The normalized spacial score (nSPS) is 12.4. The van der Waals surface area contributed by atoms with Crippen LogP contribution in [0.2, 0.25) is 5.28 Å². The lowest BCUT2D eigenvalue weighted by atomic mass is 10.1. The molecule has 1 aromatic heterocycles. The number of rotatable bonds is 16. The molecule has 0 fully saturated rings. The van der Waals surface area contributed by atoms with Crippen LogP contribution in [0.1, 0.15) is 27.7 Å². The molecule has 5 N–H and O–H groups in total. The van der Waals surface area contributed by atoms with Gasteiger partial charge in [-0.15, -0.1) is 20.5 Å². The monoisotopic (exact) mass is 922 g/mol. The summed E-state index contributed by atoms with van der Waals surface area (Å²) in [5.74, 6) is -0.996. The topological polar surface area (TPSA) is 279 Å². The van der Waals surface area contributed by atoms with E-state index in [0.29, 0.717) is 29.9 Å². The summed E-state index contributed by atoms with van der Waals surface area (Å²) in [5.41, 5.74) is 0.963. The molecule has 0 bridgehead atoms. The van der Waals surface area contributed by atoms with E-state index >= 15 is 0 Å². The second-order valence-electron chi connectivity index (χ2n) is 13.1. The standard InChI is InChI=1S/C39H39ClN10O9S3/c1-5-41-30-17-15-28-27(14-18-31(36(28)52)47-46-29-16-13-26(22-33(29)51)61(55,56)8-4)35(30)49-48-32-20-23(12-19-34(32)62(57,58)59)42-38-43-37(40)44-39(45-38)50(6-2)24-10-9-11-25(21-24)60(53,54)7-3/h9-22,41,51-52H,5-8H2,1-4H3,(H,57,58,59)(H,42,43,44,45)/b47-46+,49-48+. The number of anilines is 5. The molecule has 0 aliphatic heterocycles. The Morgan fingerprint density at radius 3 is 2.02 bits per heavy atom. The maximum Gasteiger partial charge on any atom is 0.296 e. The molecule has 0 aliphatic carbocycles. The third kappa shape index (κ3) is 9.89. The fourth-order valence-corrected chi connectivity index (χ4v) is 8.61. The molecule has 0 radical (unpaired) electrons. The summed E-state index contributed by atoms with van der Waals surface area (Å²) in [6.45, 7) is 7.42. The van der Waals surface area contributed by atoms with Crippen LogP contribution in [0.15, 0.2) is 120 Å². The Morgan fingerprint density at radius 1 is 0.694 bits per heavy atom. The van der Waals surface area contributed by atoms with Crippen LogP contribution in [0.3, 0.4) is 0 Å². The van der Waals surface area contributed by atoms with Crippen molar-refractivity contribution >= 4 is 104 Å². The van der Waals surface area contributed by atoms with Gasteiger partial charge in [0.25, 0.3) is 10.1 Å². The molecule has 0 amide bonds. The number of hydrogen-bond acceptors (Lipinski definition) is 18. The van der Waals surface area contributed by atoms with Crippen molar-refractivity contribution in [2.45, 2.75) is 42.4 Å². The zero-order chi connectivity index (χ0) is 45.0. The van der Waals surface area contributed by atoms with Gasteiger partial charge in [-0.2, -0.15) is 23.4 Å². The number of sulfone groups is 2. The number of fused-ring (bicyclic) bond motifs is 1. The highest BCUT2D eigenvalue weighted by molar-refractivity contribution is 7.91. The van der Waals surface area contributed by atoms with Gasteiger partial charge in [-0.25, -0.2) is 16.8 Å². The van der Waals surface area contributed by atoms with Crippen LogP contribution in [-0.2, 0) is 29.8 Å². The Balaban J connectivity index is 1.35. The van der Waals surface area contributed by atoms with E-state index in [2.05, 4.69) is 46.0 Å². The molecule has 0 saturated carbocycles. The zero-order valence-electron chi connectivity index (χ0n) is 33.4. The molecule has 6 rings (SSSR count). The van der Waals surface area contributed by atoms with E-state index in [9.17, 15) is 40.0 Å². The first-order chi connectivity index (χ1) is 29.4. The van der Waals surface area contributed by atoms with Crippen LogP contribution in [0, 0.1) is 0 Å². The predicted octanol–water partition coefficient (Wildman–Crippen LogP) is 9.09. The van der Waals surface area contributed by atoms with Gasteiger partial charge in [-0.3, -0.25) is 4.55 Å². The smallest absolute Gasteiger partial charge is 0.296 e. The molecule has 62 heavy (non-hydrogen) atoms. The van der Waals surface area contributed by atoms with Crippen LogP contribution < -0.4 is 15.5 Å². The molecule has 5 aromatic carbocycles. The van der Waals surface area contributed by atoms with Gasteiger partial charge in [0.1, 0.15) is 33.4 Å². The molecule has 0 saturated heterocycles. The lowest BCUT2D eigenvalue weighted by molar-refractivity contribution is 0.473. The average molecular weight is 923 g/mol. The van der Waals surface area contributed by atoms with E-state index in [4.69, 9.17) is 11.6 Å². The number of aromatic hydroxyl groups is 2. The van der Waals surface area contributed by atoms with Gasteiger partial charge in [0.15, 0.2) is 25.4 Å². The molecule has 0 aliphatic rings. The minimum Gasteiger partial charge on any atom is -0.506 e. The molecule has 0 atom stereocenters. The van der Waals surface area contributed by atoms with Gasteiger partial charge in [-0.1, -0.05) is 19.9 Å². The third-order valence-corrected chi connectivity index (χ3v) is 13.7. The van der Waals surface area contributed by atoms with Gasteiger partial charge < -0.3 is 25.7 Å². The minimum atomic E-state index is -4.84. The summed E-state index contributed by atoms with van der Waals surface area (Å²) in [6.07, 6.45) is 0. The molecular formula is C39H39ClN10O9S3. The molecule has 6 aromatic rings. The summed E-state index contributed by atoms with van der Waals surface area (Å²) in [5, 5.41) is 44.9. The fourth-order valence-electron chi connectivity index (χ4n) is 6.03. The van der Waals surface area contributed by atoms with E-state index in [-0.39, 0.29) is 78.0 Å². The first-order valence-electron chi connectivity index (χ1n) is 18.7. The highest BCUT2D eigenvalue weighted by Gasteiger charge is 2.21. The first kappa shape index (κ1) is 45.2. The third-order valence-electron chi connectivity index (χ3n) is 9.21. The number of nitrogens with one attached hydrogen (secondary N) is 2. The van der Waals surface area contributed by atoms with Crippen molar-refractivity contribution in [3.8, 4) is 11.5 Å². The average Bonchev–Trinajstić information content (AvgIpc) is 3.23. The Bertz CT molecular complexity index is 3100. The largest absolute Gasteiger partial charge is 0.506 e. The van der Waals surface area contributed by atoms with Crippen LogP contribution in [0.5, 0.6) is 11.5 Å². The molecule has 0 spiro atoms. The molecule has 19 nitrogen and oxygen atoms in total. The number of benzene rings is 5. The second kappa shape index (κ2) is 18.3. The number of phenols is 2. The SMILES string of the molecule is CCNc1ccc2c(O)c(/N=N/c3ccc(S(=O)(=O)CC)cc3O)ccc2c1/N=N/c1cc(Nc2nc(Cl)nc(N(CC)c3cccc(S(=O)(=O)CC)c3)n2)ccc1S(=O)(=O)O. The van der Waals surface area contributed by atoms with Gasteiger partial charge in [0, 0.05) is 41.3 Å². The van der Waals surface area contributed by atoms with Crippen molar-refractivity contribution in [3.05, 3.63) is 90.2 Å². The van der Waals surface area contributed by atoms with Gasteiger partial charge in [-0.05, 0) is 98.2 Å². The van der Waals surface area contributed by atoms with Crippen LogP contribution in [-0.4, -0.2) is 79.6 Å². The number of nitrogens with zero attached hydrogens (tertiary/aromatic N) is 8. The first-order valence-corrected chi connectivity index (χ1v) is 23.8. The summed E-state index contributed by atoms with van der Waals surface area (Å²) in [7, 11) is -11.9. The summed E-state index contributed by atoms with van der Waals surface area (Å²) < 4.78 is 84.8. The fraction of sp³-hybridized carbons (Fsp3) is 0.205. The van der Waals surface area contributed by atoms with E-state index in [1.165, 1.54) is 49.4 Å². The van der Waals surface area contributed by atoms with E-state index < -0.39 is 40.4 Å². The molecule has 0 unspecified atom stereocenters. The highest BCUT2D eigenvalue weighted by atomic mass is 35.5. The van der Waals surface area contributed by atoms with Crippen LogP contribution in [0.4, 0.5) is 51.7 Å². The highest BCUT2D eigenvalue weighted by Crippen LogP contribution is 2.44. The van der Waals surface area contributed by atoms with Gasteiger partial charge >= 0.3 is 0 Å². The van der Waals surface area contributed by atoms with Crippen molar-refractivity contribution in [1.82, 2.24) is 15.0 Å². The Kier molecular flexibility index (Phi) is 13.4. The van der Waals surface area contributed by atoms with Crippen molar-refractivity contribution in [3.63, 3.8) is 0 Å².